The first-order valence-corrected chi connectivity index (χ1v) is 5.63. The molecule has 0 saturated heterocycles. The number of nitrogens with zero attached hydrogens (tertiary/aromatic N) is 1. The van der Waals surface area contributed by atoms with E-state index in [4.69, 9.17) is 11.6 Å². The van der Waals surface area contributed by atoms with E-state index in [0.29, 0.717) is 11.6 Å². The number of nitrogens with one attached hydrogen (secondary N) is 1. The molecule has 0 bridgehead atoms. The summed E-state index contributed by atoms with van der Waals surface area (Å²) in [6.07, 6.45) is 0. The maximum Gasteiger partial charge on any atom is 0.0310 e. The van der Waals surface area contributed by atoms with E-state index in [1.807, 2.05) is 0 Å². The Hall–Kier alpha value is -0.730. The summed E-state index contributed by atoms with van der Waals surface area (Å²) in [6, 6.07) is 2.23. The van der Waals surface area contributed by atoms with E-state index in [1.54, 1.807) is 0 Å². The zero-order chi connectivity index (χ0) is 11.4. The second-order valence-corrected chi connectivity index (χ2v) is 4.30. The maximum absolute atomic E-state index is 5.69. The molecule has 1 aromatic rings. The van der Waals surface area contributed by atoms with Crippen LogP contribution in [0.25, 0.3) is 0 Å². The molecule has 15 heavy (non-hydrogen) atoms. The third kappa shape index (κ3) is 3.11. The van der Waals surface area contributed by atoms with Crippen molar-refractivity contribution in [2.75, 3.05) is 6.54 Å². The van der Waals surface area contributed by atoms with Gasteiger partial charge in [0, 0.05) is 36.1 Å². The molecule has 0 amide bonds. The van der Waals surface area contributed by atoms with Gasteiger partial charge in [0.25, 0.3) is 0 Å². The molecule has 1 heterocycles. The van der Waals surface area contributed by atoms with Gasteiger partial charge in [0.15, 0.2) is 0 Å². The van der Waals surface area contributed by atoms with Crippen LogP contribution in [0.5, 0.6) is 0 Å². The van der Waals surface area contributed by atoms with Gasteiger partial charge in [0.1, 0.15) is 0 Å². The Balaban J connectivity index is 2.65. The second-order valence-electron chi connectivity index (χ2n) is 3.76. The van der Waals surface area contributed by atoms with Crippen LogP contribution >= 0.6 is 11.6 Å². The fourth-order valence-corrected chi connectivity index (χ4v) is 1.97. The van der Waals surface area contributed by atoms with Crippen LogP contribution in [0.4, 0.5) is 0 Å². The highest BCUT2D eigenvalue weighted by molar-refractivity contribution is 6.29. The summed E-state index contributed by atoms with van der Waals surface area (Å²) >= 11 is 5.69. The fourth-order valence-electron chi connectivity index (χ4n) is 1.87. The minimum Gasteiger partial charge on any atom is -0.349 e. The monoisotopic (exact) mass is 226 g/mol. The number of rotatable bonds is 5. The number of aryl methyl sites for hydroxylation is 1. The molecule has 0 unspecified atom stereocenters. The van der Waals surface area contributed by atoms with Gasteiger partial charge in [-0.1, -0.05) is 18.2 Å². The molecule has 0 aliphatic carbocycles. The third-order valence-electron chi connectivity index (χ3n) is 2.63. The third-order valence-corrected chi connectivity index (χ3v) is 2.76. The van der Waals surface area contributed by atoms with Crippen LogP contribution in [0.2, 0.25) is 0 Å². The van der Waals surface area contributed by atoms with Crippen LogP contribution in [0, 0.1) is 13.8 Å². The number of aromatic nitrogens is 1. The fraction of sp³-hybridized carbons (Fsp3) is 0.500. The van der Waals surface area contributed by atoms with E-state index in [1.165, 1.54) is 17.0 Å². The van der Waals surface area contributed by atoms with Crippen molar-refractivity contribution in [3.05, 3.63) is 34.6 Å². The molecule has 0 spiro atoms. The summed E-state index contributed by atoms with van der Waals surface area (Å²) in [5, 5.41) is 3.91. The number of hydrogen-bond acceptors (Lipinski definition) is 1. The average Bonchev–Trinajstić information content (AvgIpc) is 2.41. The molecule has 0 atom stereocenters. The summed E-state index contributed by atoms with van der Waals surface area (Å²) in [7, 11) is 0. The van der Waals surface area contributed by atoms with Crippen LogP contribution in [0.15, 0.2) is 17.7 Å². The molecule has 0 radical (unpaired) electrons. The highest BCUT2D eigenvalue weighted by atomic mass is 35.5. The van der Waals surface area contributed by atoms with Crippen molar-refractivity contribution in [3.63, 3.8) is 0 Å². The zero-order valence-corrected chi connectivity index (χ0v) is 10.5. The van der Waals surface area contributed by atoms with Gasteiger partial charge in [-0.2, -0.15) is 0 Å². The van der Waals surface area contributed by atoms with Gasteiger partial charge in [0.2, 0.25) is 0 Å². The van der Waals surface area contributed by atoms with Gasteiger partial charge in [-0.3, -0.25) is 0 Å². The lowest BCUT2D eigenvalue weighted by Crippen LogP contribution is -2.15. The van der Waals surface area contributed by atoms with Gasteiger partial charge in [0.05, 0.1) is 0 Å². The van der Waals surface area contributed by atoms with E-state index in [2.05, 4.69) is 43.3 Å². The Kier molecular flexibility index (Phi) is 4.43. The molecule has 0 saturated carbocycles. The Labute approximate surface area is 96.9 Å². The SMILES string of the molecule is C=C(Cl)CNCc1cc(C)n(CC)c1C. The highest BCUT2D eigenvalue weighted by Gasteiger charge is 2.06. The first-order chi connectivity index (χ1) is 7.06. The maximum atomic E-state index is 5.69. The van der Waals surface area contributed by atoms with Crippen LogP contribution in [-0.2, 0) is 13.1 Å². The Bertz CT molecular complexity index is 353. The Morgan fingerprint density at radius 2 is 2.20 bits per heavy atom. The molecular weight excluding hydrogens is 208 g/mol. The highest BCUT2D eigenvalue weighted by Crippen LogP contribution is 2.14. The average molecular weight is 227 g/mol. The zero-order valence-electron chi connectivity index (χ0n) is 9.73. The topological polar surface area (TPSA) is 17.0 Å². The van der Waals surface area contributed by atoms with Crippen LogP contribution < -0.4 is 5.32 Å². The molecule has 84 valence electrons. The predicted octanol–water partition coefficient (Wildman–Crippen LogP) is 2.97. The Morgan fingerprint density at radius 3 is 2.67 bits per heavy atom. The quantitative estimate of drug-likeness (QED) is 0.817. The van der Waals surface area contributed by atoms with Gasteiger partial charge in [-0.05, 0) is 32.4 Å². The van der Waals surface area contributed by atoms with E-state index in [0.717, 1.165) is 13.1 Å². The first kappa shape index (κ1) is 12.3. The molecule has 0 aliphatic heterocycles. The molecule has 0 fully saturated rings. The van der Waals surface area contributed by atoms with Crippen molar-refractivity contribution < 1.29 is 0 Å². The molecule has 1 aromatic heterocycles. The van der Waals surface area contributed by atoms with Crippen LogP contribution in [0.1, 0.15) is 23.9 Å². The standard InChI is InChI=1S/C12H19ClN2/c1-5-15-10(3)6-12(11(15)4)8-14-7-9(2)13/h6,14H,2,5,7-8H2,1,3-4H3. The molecular formula is C12H19ClN2. The van der Waals surface area contributed by atoms with Crippen molar-refractivity contribution in [1.29, 1.82) is 0 Å². The van der Waals surface area contributed by atoms with Crippen LogP contribution in [-0.4, -0.2) is 11.1 Å². The number of hydrogen-bond donors (Lipinski definition) is 1. The number of halogens is 1. The second kappa shape index (κ2) is 5.38. The predicted molar refractivity (Wildman–Crippen MR) is 66.3 cm³/mol. The molecule has 2 nitrogen and oxygen atoms in total. The summed E-state index contributed by atoms with van der Waals surface area (Å²) < 4.78 is 2.31. The molecule has 3 heteroatoms. The van der Waals surface area contributed by atoms with Gasteiger partial charge in [-0.25, -0.2) is 0 Å². The summed E-state index contributed by atoms with van der Waals surface area (Å²) in [6.45, 7) is 12.6. The summed E-state index contributed by atoms with van der Waals surface area (Å²) in [5.74, 6) is 0. The van der Waals surface area contributed by atoms with E-state index >= 15 is 0 Å². The lowest BCUT2D eigenvalue weighted by atomic mass is 10.2. The van der Waals surface area contributed by atoms with Crippen molar-refractivity contribution >= 4 is 11.6 Å². The molecule has 1 N–H and O–H groups in total. The van der Waals surface area contributed by atoms with E-state index in [-0.39, 0.29) is 0 Å². The minimum absolute atomic E-state index is 0.652. The van der Waals surface area contributed by atoms with Crippen molar-refractivity contribution in [2.45, 2.75) is 33.9 Å². The summed E-state index contributed by atoms with van der Waals surface area (Å²) in [4.78, 5) is 0. The summed E-state index contributed by atoms with van der Waals surface area (Å²) in [5.41, 5.74) is 3.99. The molecule has 1 rings (SSSR count). The minimum atomic E-state index is 0.652. The van der Waals surface area contributed by atoms with E-state index < -0.39 is 0 Å². The van der Waals surface area contributed by atoms with E-state index in [9.17, 15) is 0 Å². The van der Waals surface area contributed by atoms with Crippen molar-refractivity contribution in [3.8, 4) is 0 Å². The van der Waals surface area contributed by atoms with Gasteiger partial charge < -0.3 is 9.88 Å². The van der Waals surface area contributed by atoms with Crippen molar-refractivity contribution in [1.82, 2.24) is 9.88 Å². The van der Waals surface area contributed by atoms with Gasteiger partial charge in [-0.15, -0.1) is 0 Å². The van der Waals surface area contributed by atoms with Gasteiger partial charge >= 0.3 is 0 Å². The van der Waals surface area contributed by atoms with Crippen molar-refractivity contribution in [2.24, 2.45) is 0 Å². The molecule has 0 aromatic carbocycles. The molecule has 0 aliphatic rings. The Morgan fingerprint density at radius 1 is 1.53 bits per heavy atom. The smallest absolute Gasteiger partial charge is 0.0310 e. The first-order valence-electron chi connectivity index (χ1n) is 5.25. The normalized spacial score (nSPS) is 10.7. The largest absolute Gasteiger partial charge is 0.349 e. The lowest BCUT2D eigenvalue weighted by Gasteiger charge is -2.06. The lowest BCUT2D eigenvalue weighted by molar-refractivity contribution is 0.701. The van der Waals surface area contributed by atoms with Crippen LogP contribution in [0.3, 0.4) is 0 Å².